The quantitative estimate of drug-likeness (QED) is 0.831. The number of benzene rings is 1. The molecule has 2 unspecified atom stereocenters. The Morgan fingerprint density at radius 2 is 1.75 bits per heavy atom. The van der Waals surface area contributed by atoms with E-state index in [0.29, 0.717) is 17.8 Å². The summed E-state index contributed by atoms with van der Waals surface area (Å²) in [5, 5.41) is 0. The second-order valence-electron chi connectivity index (χ2n) is 5.76. The molecule has 1 saturated heterocycles. The average Bonchev–Trinajstić information content (AvgIpc) is 2.34. The second kappa shape index (κ2) is 5.26. The number of nitrogens with zero attached hydrogens (tertiary/aromatic N) is 2. The second-order valence-corrected chi connectivity index (χ2v) is 7.78. The van der Waals surface area contributed by atoms with Gasteiger partial charge in [-0.15, -0.1) is 0 Å². The number of nitrogen functional groups attached to an aromatic ring is 1. The van der Waals surface area contributed by atoms with E-state index in [-0.39, 0.29) is 4.90 Å². The van der Waals surface area contributed by atoms with Gasteiger partial charge in [0.05, 0.1) is 16.3 Å². The molecule has 2 atom stereocenters. The van der Waals surface area contributed by atoms with Crippen LogP contribution in [0, 0.1) is 0 Å². The lowest BCUT2D eigenvalue weighted by molar-refractivity contribution is 0.170. The Morgan fingerprint density at radius 3 is 2.20 bits per heavy atom. The van der Waals surface area contributed by atoms with E-state index in [1.54, 1.807) is 12.1 Å². The molecule has 0 aromatic heterocycles. The number of hydrogen-bond donors (Lipinski definition) is 1. The van der Waals surface area contributed by atoms with Crippen LogP contribution in [0.25, 0.3) is 0 Å². The van der Waals surface area contributed by atoms with E-state index in [2.05, 4.69) is 30.7 Å². The maximum absolute atomic E-state index is 11.5. The normalized spacial score (nSPS) is 24.9. The predicted molar refractivity (Wildman–Crippen MR) is 82.9 cm³/mol. The van der Waals surface area contributed by atoms with Crippen LogP contribution in [0.5, 0.6) is 0 Å². The van der Waals surface area contributed by atoms with Gasteiger partial charge in [-0.3, -0.25) is 4.90 Å². The molecule has 1 aromatic carbocycles. The maximum atomic E-state index is 11.5. The average molecular weight is 297 g/mol. The first-order chi connectivity index (χ1) is 9.20. The Hall–Kier alpha value is -1.27. The molecule has 0 radical (unpaired) electrons. The van der Waals surface area contributed by atoms with Crippen molar-refractivity contribution in [2.45, 2.75) is 30.8 Å². The molecule has 1 aliphatic heterocycles. The van der Waals surface area contributed by atoms with Gasteiger partial charge in [0.15, 0.2) is 9.84 Å². The number of rotatable bonds is 2. The molecule has 0 spiro atoms. The zero-order valence-electron chi connectivity index (χ0n) is 12.5. The molecule has 2 rings (SSSR count). The summed E-state index contributed by atoms with van der Waals surface area (Å²) >= 11 is 0. The van der Waals surface area contributed by atoms with Gasteiger partial charge in [-0.25, -0.2) is 8.42 Å². The van der Waals surface area contributed by atoms with Crippen LogP contribution in [0.1, 0.15) is 13.8 Å². The largest absolute Gasteiger partial charge is 0.397 e. The van der Waals surface area contributed by atoms with Crippen molar-refractivity contribution in [3.05, 3.63) is 18.2 Å². The molecule has 0 amide bonds. The number of likely N-dealkylation sites (N-methyl/N-ethyl adjacent to an activating group) is 1. The predicted octanol–water partition coefficient (Wildman–Crippen LogP) is 1.20. The highest BCUT2D eigenvalue weighted by Gasteiger charge is 2.27. The van der Waals surface area contributed by atoms with Crippen molar-refractivity contribution in [1.29, 1.82) is 0 Å². The van der Waals surface area contributed by atoms with E-state index >= 15 is 0 Å². The maximum Gasteiger partial charge on any atom is 0.175 e. The van der Waals surface area contributed by atoms with Crippen molar-refractivity contribution in [3.8, 4) is 0 Å². The van der Waals surface area contributed by atoms with Gasteiger partial charge in [-0.05, 0) is 39.1 Å². The van der Waals surface area contributed by atoms with Crippen LogP contribution in [0.4, 0.5) is 11.4 Å². The van der Waals surface area contributed by atoms with Gasteiger partial charge >= 0.3 is 0 Å². The summed E-state index contributed by atoms with van der Waals surface area (Å²) in [5.74, 6) is 0. The Labute approximate surface area is 121 Å². The van der Waals surface area contributed by atoms with Gasteiger partial charge in [-0.2, -0.15) is 0 Å². The van der Waals surface area contributed by atoms with Crippen LogP contribution >= 0.6 is 0 Å². The molecule has 0 aliphatic carbocycles. The van der Waals surface area contributed by atoms with Gasteiger partial charge in [0.25, 0.3) is 0 Å². The van der Waals surface area contributed by atoms with E-state index in [9.17, 15) is 8.42 Å². The molecule has 5 nitrogen and oxygen atoms in total. The first-order valence-corrected chi connectivity index (χ1v) is 8.65. The van der Waals surface area contributed by atoms with E-state index in [0.717, 1.165) is 18.8 Å². The molecule has 0 bridgehead atoms. The fourth-order valence-corrected chi connectivity index (χ4v) is 3.31. The first-order valence-electron chi connectivity index (χ1n) is 6.76. The number of hydrogen-bond acceptors (Lipinski definition) is 5. The number of nitrogens with two attached hydrogens (primary N) is 1. The lowest BCUT2D eigenvalue weighted by Crippen LogP contribution is -2.55. The SMILES string of the molecule is CC1CN(c2ccc(S(C)(=O)=O)cc2N)CC(C)N1C. The third-order valence-corrected chi connectivity index (χ3v) is 5.24. The third-order valence-electron chi connectivity index (χ3n) is 4.13. The van der Waals surface area contributed by atoms with Gasteiger partial charge in [0.2, 0.25) is 0 Å². The van der Waals surface area contributed by atoms with Gasteiger partial charge in [0, 0.05) is 31.4 Å². The summed E-state index contributed by atoms with van der Waals surface area (Å²) < 4.78 is 23.1. The van der Waals surface area contributed by atoms with Gasteiger partial charge in [0.1, 0.15) is 0 Å². The fraction of sp³-hybridized carbons (Fsp3) is 0.571. The van der Waals surface area contributed by atoms with Crippen molar-refractivity contribution in [3.63, 3.8) is 0 Å². The molecule has 1 aromatic rings. The molecule has 1 fully saturated rings. The van der Waals surface area contributed by atoms with Gasteiger partial charge in [-0.1, -0.05) is 0 Å². The molecule has 0 saturated carbocycles. The standard InChI is InChI=1S/C14H23N3O2S/c1-10-8-17(9-11(2)16(10)3)14-6-5-12(7-13(14)15)20(4,18)19/h5-7,10-11H,8-9,15H2,1-4H3. The van der Waals surface area contributed by atoms with Crippen molar-refractivity contribution in [2.24, 2.45) is 0 Å². The Kier molecular flexibility index (Phi) is 3.97. The summed E-state index contributed by atoms with van der Waals surface area (Å²) in [4.78, 5) is 4.85. The van der Waals surface area contributed by atoms with Crippen LogP contribution < -0.4 is 10.6 Å². The lowest BCUT2D eigenvalue weighted by atomic mass is 10.1. The fourth-order valence-electron chi connectivity index (χ4n) is 2.65. The number of piperazine rings is 1. The summed E-state index contributed by atoms with van der Waals surface area (Å²) in [5.41, 5.74) is 7.50. The summed E-state index contributed by atoms with van der Waals surface area (Å²) in [6.07, 6.45) is 1.20. The molecule has 6 heteroatoms. The molecule has 20 heavy (non-hydrogen) atoms. The van der Waals surface area contributed by atoms with Crippen molar-refractivity contribution >= 4 is 21.2 Å². The van der Waals surface area contributed by atoms with E-state index in [4.69, 9.17) is 5.73 Å². The smallest absolute Gasteiger partial charge is 0.175 e. The topological polar surface area (TPSA) is 66.6 Å². The summed E-state index contributed by atoms with van der Waals surface area (Å²) in [7, 11) is -1.08. The molecular formula is C14H23N3O2S. The molecular weight excluding hydrogens is 274 g/mol. The van der Waals surface area contributed by atoms with Crippen molar-refractivity contribution < 1.29 is 8.42 Å². The molecule has 1 heterocycles. The number of sulfone groups is 1. The minimum absolute atomic E-state index is 0.272. The Bertz CT molecular complexity index is 588. The highest BCUT2D eigenvalue weighted by molar-refractivity contribution is 7.90. The highest BCUT2D eigenvalue weighted by atomic mass is 32.2. The van der Waals surface area contributed by atoms with Crippen LogP contribution in [0.3, 0.4) is 0 Å². The monoisotopic (exact) mass is 297 g/mol. The van der Waals surface area contributed by atoms with Crippen molar-refractivity contribution in [1.82, 2.24) is 4.90 Å². The zero-order chi connectivity index (χ0) is 15.1. The minimum atomic E-state index is -3.21. The van der Waals surface area contributed by atoms with E-state index < -0.39 is 9.84 Å². The first kappa shape index (κ1) is 15.1. The zero-order valence-corrected chi connectivity index (χ0v) is 13.3. The molecule has 2 N–H and O–H groups in total. The third kappa shape index (κ3) is 2.91. The van der Waals surface area contributed by atoms with E-state index in [1.807, 2.05) is 6.07 Å². The van der Waals surface area contributed by atoms with E-state index in [1.165, 1.54) is 6.26 Å². The van der Waals surface area contributed by atoms with Gasteiger partial charge < -0.3 is 10.6 Å². The van der Waals surface area contributed by atoms with Crippen LogP contribution in [-0.4, -0.2) is 51.8 Å². The van der Waals surface area contributed by atoms with Crippen LogP contribution in [0.2, 0.25) is 0 Å². The van der Waals surface area contributed by atoms with Crippen LogP contribution in [0.15, 0.2) is 23.1 Å². The molecule has 112 valence electrons. The van der Waals surface area contributed by atoms with Crippen LogP contribution in [-0.2, 0) is 9.84 Å². The molecule has 1 aliphatic rings. The number of anilines is 2. The Balaban J connectivity index is 2.30. The Morgan fingerprint density at radius 1 is 1.20 bits per heavy atom. The van der Waals surface area contributed by atoms with Crippen molar-refractivity contribution in [2.75, 3.05) is 37.0 Å². The minimum Gasteiger partial charge on any atom is -0.397 e. The summed E-state index contributed by atoms with van der Waals surface area (Å²) in [6, 6.07) is 5.88. The summed E-state index contributed by atoms with van der Waals surface area (Å²) in [6.45, 7) is 6.15. The lowest BCUT2D eigenvalue weighted by Gasteiger charge is -2.43. The highest BCUT2D eigenvalue weighted by Crippen LogP contribution is 2.29.